The van der Waals surface area contributed by atoms with Gasteiger partial charge in [-0.25, -0.2) is 0 Å². The fourth-order valence-electron chi connectivity index (χ4n) is 2.52. The Hall–Kier alpha value is -0.0400. The molecule has 2 fully saturated rings. The molecule has 0 aromatic rings. The van der Waals surface area contributed by atoms with Crippen molar-refractivity contribution in [2.75, 3.05) is 6.61 Å². The van der Waals surface area contributed by atoms with E-state index < -0.39 is 0 Å². The summed E-state index contributed by atoms with van der Waals surface area (Å²) in [5.41, 5.74) is 0. The van der Waals surface area contributed by atoms with E-state index >= 15 is 0 Å². The molecule has 2 aliphatic rings. The van der Waals surface area contributed by atoms with E-state index in [1.807, 2.05) is 0 Å². The van der Waals surface area contributed by atoms with Gasteiger partial charge in [0.25, 0.3) is 0 Å². The molecule has 0 N–H and O–H groups in total. The fourth-order valence-corrected chi connectivity index (χ4v) is 2.52. The molecule has 0 amide bonds. The van der Waals surface area contributed by atoms with E-state index in [-0.39, 0.29) is 0 Å². The molecule has 3 unspecified atom stereocenters. The SMILES string of the molecule is CCCCC1CC2OCCC12. The molecule has 1 heterocycles. The second kappa shape index (κ2) is 3.14. The van der Waals surface area contributed by atoms with Crippen LogP contribution in [0.25, 0.3) is 0 Å². The van der Waals surface area contributed by atoms with Gasteiger partial charge in [0.1, 0.15) is 0 Å². The summed E-state index contributed by atoms with van der Waals surface area (Å²) in [5.74, 6) is 1.99. The second-order valence-electron chi connectivity index (χ2n) is 4.00. The lowest BCUT2D eigenvalue weighted by molar-refractivity contribution is -0.0155. The van der Waals surface area contributed by atoms with Gasteiger partial charge >= 0.3 is 0 Å². The van der Waals surface area contributed by atoms with Crippen molar-refractivity contribution in [3.63, 3.8) is 0 Å². The van der Waals surface area contributed by atoms with Crippen molar-refractivity contribution in [2.45, 2.75) is 45.1 Å². The lowest BCUT2D eigenvalue weighted by atomic mass is 9.69. The summed E-state index contributed by atoms with van der Waals surface area (Å²) in [6.07, 6.45) is 7.63. The van der Waals surface area contributed by atoms with Crippen LogP contribution >= 0.6 is 0 Å². The topological polar surface area (TPSA) is 9.23 Å². The van der Waals surface area contributed by atoms with Gasteiger partial charge in [0, 0.05) is 6.61 Å². The van der Waals surface area contributed by atoms with Gasteiger partial charge in [0.15, 0.2) is 0 Å². The van der Waals surface area contributed by atoms with Crippen molar-refractivity contribution in [3.05, 3.63) is 0 Å². The Morgan fingerprint density at radius 2 is 2.36 bits per heavy atom. The number of fused-ring (bicyclic) bond motifs is 1. The summed E-state index contributed by atoms with van der Waals surface area (Å²) in [7, 11) is 0. The van der Waals surface area contributed by atoms with Crippen LogP contribution < -0.4 is 0 Å². The lowest BCUT2D eigenvalue weighted by Crippen LogP contribution is -2.37. The van der Waals surface area contributed by atoms with Crippen LogP contribution in [0.5, 0.6) is 0 Å². The summed E-state index contributed by atoms with van der Waals surface area (Å²) >= 11 is 0. The Kier molecular flexibility index (Phi) is 2.17. The summed E-state index contributed by atoms with van der Waals surface area (Å²) in [4.78, 5) is 0. The first-order valence-corrected chi connectivity index (χ1v) is 5.03. The second-order valence-corrected chi connectivity index (χ2v) is 4.00. The summed E-state index contributed by atoms with van der Waals surface area (Å²) in [6.45, 7) is 3.32. The van der Waals surface area contributed by atoms with E-state index in [2.05, 4.69) is 6.92 Å². The number of hydrogen-bond donors (Lipinski definition) is 0. The zero-order valence-corrected chi connectivity index (χ0v) is 7.38. The first kappa shape index (κ1) is 7.60. The number of ether oxygens (including phenoxy) is 1. The molecule has 0 bridgehead atoms. The Balaban J connectivity index is 1.73. The van der Waals surface area contributed by atoms with E-state index in [4.69, 9.17) is 4.74 Å². The van der Waals surface area contributed by atoms with Gasteiger partial charge < -0.3 is 4.74 Å². The van der Waals surface area contributed by atoms with Gasteiger partial charge in [-0.05, 0) is 31.1 Å². The maximum atomic E-state index is 5.56. The highest BCUT2D eigenvalue weighted by molar-refractivity contribution is 4.93. The molecular weight excluding hydrogens is 136 g/mol. The number of rotatable bonds is 3. The monoisotopic (exact) mass is 154 g/mol. The van der Waals surface area contributed by atoms with Gasteiger partial charge in [-0.2, -0.15) is 0 Å². The molecule has 1 saturated heterocycles. The Bertz CT molecular complexity index is 133. The maximum absolute atomic E-state index is 5.56. The van der Waals surface area contributed by atoms with Crippen LogP contribution in [0.1, 0.15) is 39.0 Å². The Morgan fingerprint density at radius 3 is 3.09 bits per heavy atom. The minimum absolute atomic E-state index is 0.678. The van der Waals surface area contributed by atoms with Crippen LogP contribution in [0.3, 0.4) is 0 Å². The minimum Gasteiger partial charge on any atom is -0.378 e. The molecule has 1 heteroatoms. The van der Waals surface area contributed by atoms with Crippen molar-refractivity contribution >= 4 is 0 Å². The number of unbranched alkanes of at least 4 members (excludes halogenated alkanes) is 1. The quantitative estimate of drug-likeness (QED) is 0.607. The molecule has 64 valence electrons. The highest BCUT2D eigenvalue weighted by Crippen LogP contribution is 2.45. The zero-order chi connectivity index (χ0) is 7.68. The van der Waals surface area contributed by atoms with Crippen molar-refractivity contribution in [3.8, 4) is 0 Å². The Morgan fingerprint density at radius 1 is 1.45 bits per heavy atom. The van der Waals surface area contributed by atoms with Crippen LogP contribution in [0.15, 0.2) is 0 Å². The normalized spacial score (nSPS) is 41.7. The van der Waals surface area contributed by atoms with Crippen LogP contribution in [-0.2, 0) is 4.74 Å². The fraction of sp³-hybridized carbons (Fsp3) is 1.00. The molecule has 1 aliphatic carbocycles. The first-order chi connectivity index (χ1) is 5.42. The average molecular weight is 154 g/mol. The van der Waals surface area contributed by atoms with Crippen molar-refractivity contribution < 1.29 is 4.74 Å². The van der Waals surface area contributed by atoms with Crippen molar-refractivity contribution in [1.82, 2.24) is 0 Å². The summed E-state index contributed by atoms with van der Waals surface area (Å²) in [6, 6.07) is 0. The van der Waals surface area contributed by atoms with Crippen molar-refractivity contribution in [2.24, 2.45) is 11.8 Å². The Labute approximate surface area is 69.1 Å². The third-order valence-electron chi connectivity index (χ3n) is 3.33. The van der Waals surface area contributed by atoms with E-state index in [0.29, 0.717) is 6.10 Å². The standard InChI is InChI=1S/C10H18O/c1-2-3-4-8-7-10-9(8)5-6-11-10/h8-10H,2-7H2,1H3. The predicted molar refractivity (Wildman–Crippen MR) is 45.5 cm³/mol. The molecule has 1 aliphatic heterocycles. The zero-order valence-electron chi connectivity index (χ0n) is 7.38. The third kappa shape index (κ3) is 1.31. The van der Waals surface area contributed by atoms with E-state index in [9.17, 15) is 0 Å². The largest absolute Gasteiger partial charge is 0.378 e. The third-order valence-corrected chi connectivity index (χ3v) is 3.33. The van der Waals surface area contributed by atoms with E-state index in [1.54, 1.807) is 0 Å². The highest BCUT2D eigenvalue weighted by Gasteiger charge is 2.44. The molecule has 1 saturated carbocycles. The average Bonchev–Trinajstić information content (AvgIpc) is 2.33. The molecule has 2 rings (SSSR count). The first-order valence-electron chi connectivity index (χ1n) is 5.03. The minimum atomic E-state index is 0.678. The number of hydrogen-bond acceptors (Lipinski definition) is 1. The van der Waals surface area contributed by atoms with E-state index in [0.717, 1.165) is 18.4 Å². The molecule has 0 aromatic carbocycles. The van der Waals surface area contributed by atoms with Crippen LogP contribution in [-0.4, -0.2) is 12.7 Å². The summed E-state index contributed by atoms with van der Waals surface area (Å²) in [5, 5.41) is 0. The molecule has 0 radical (unpaired) electrons. The molecular formula is C10H18O. The van der Waals surface area contributed by atoms with Crippen LogP contribution in [0, 0.1) is 11.8 Å². The molecule has 0 spiro atoms. The van der Waals surface area contributed by atoms with Gasteiger partial charge in [0.2, 0.25) is 0 Å². The molecule has 11 heavy (non-hydrogen) atoms. The van der Waals surface area contributed by atoms with E-state index in [1.165, 1.54) is 32.1 Å². The van der Waals surface area contributed by atoms with Gasteiger partial charge in [0.05, 0.1) is 6.10 Å². The molecule has 1 nitrogen and oxygen atoms in total. The van der Waals surface area contributed by atoms with Gasteiger partial charge in [-0.1, -0.05) is 19.8 Å². The maximum Gasteiger partial charge on any atom is 0.0609 e. The molecule has 0 aromatic heterocycles. The predicted octanol–water partition coefficient (Wildman–Crippen LogP) is 2.60. The highest BCUT2D eigenvalue weighted by atomic mass is 16.5. The van der Waals surface area contributed by atoms with Gasteiger partial charge in [-0.15, -0.1) is 0 Å². The summed E-state index contributed by atoms with van der Waals surface area (Å²) < 4.78 is 5.56. The van der Waals surface area contributed by atoms with Crippen LogP contribution in [0.4, 0.5) is 0 Å². The smallest absolute Gasteiger partial charge is 0.0609 e. The lowest BCUT2D eigenvalue weighted by Gasteiger charge is -2.39. The molecule has 3 atom stereocenters. The van der Waals surface area contributed by atoms with Gasteiger partial charge in [-0.3, -0.25) is 0 Å². The van der Waals surface area contributed by atoms with Crippen molar-refractivity contribution in [1.29, 1.82) is 0 Å². The van der Waals surface area contributed by atoms with Crippen LogP contribution in [0.2, 0.25) is 0 Å².